The summed E-state index contributed by atoms with van der Waals surface area (Å²) in [4.78, 5) is 22.5. The lowest BCUT2D eigenvalue weighted by Crippen LogP contribution is -2.25. The van der Waals surface area contributed by atoms with Crippen LogP contribution in [0.2, 0.25) is 0 Å². The van der Waals surface area contributed by atoms with E-state index in [1.807, 2.05) is 24.3 Å². The van der Waals surface area contributed by atoms with Crippen LogP contribution in [0.5, 0.6) is 0 Å². The monoisotopic (exact) mass is 261 g/mol. The number of aryl methyl sites for hydroxylation is 1. The number of amides is 1. The highest BCUT2D eigenvalue weighted by molar-refractivity contribution is 6.01. The van der Waals surface area contributed by atoms with Crippen LogP contribution in [0.1, 0.15) is 31.9 Å². The molecule has 1 aromatic carbocycles. The van der Waals surface area contributed by atoms with Crippen molar-refractivity contribution in [2.24, 2.45) is 0 Å². The highest BCUT2D eigenvalue weighted by atomic mass is 16.4. The maximum Gasteiger partial charge on any atom is 0.331 e. The molecule has 0 aliphatic carbocycles. The van der Waals surface area contributed by atoms with Crippen LogP contribution in [-0.4, -0.2) is 17.0 Å². The summed E-state index contributed by atoms with van der Waals surface area (Å²) >= 11 is 0. The third-order valence-electron chi connectivity index (χ3n) is 3.11. The largest absolute Gasteiger partial charge is 0.478 e. The zero-order valence-corrected chi connectivity index (χ0v) is 11.5. The number of carbonyl (C=O) groups is 2. The lowest BCUT2D eigenvalue weighted by molar-refractivity contribution is -0.133. The van der Waals surface area contributed by atoms with Gasteiger partial charge in [0.15, 0.2) is 0 Å². The maximum atomic E-state index is 11.8. The van der Waals surface area contributed by atoms with E-state index in [2.05, 4.69) is 12.2 Å². The number of carboxylic acids is 1. The summed E-state index contributed by atoms with van der Waals surface area (Å²) in [5.74, 6) is -1.42. The van der Waals surface area contributed by atoms with Crippen molar-refractivity contribution in [1.29, 1.82) is 0 Å². The Morgan fingerprint density at radius 2 is 1.58 bits per heavy atom. The molecule has 0 aromatic heterocycles. The quantitative estimate of drug-likeness (QED) is 0.799. The molecule has 19 heavy (non-hydrogen) atoms. The predicted molar refractivity (Wildman–Crippen MR) is 73.7 cm³/mol. The van der Waals surface area contributed by atoms with Crippen molar-refractivity contribution < 1.29 is 14.7 Å². The summed E-state index contributed by atoms with van der Waals surface area (Å²) in [6.45, 7) is 5.42. The molecule has 1 rings (SSSR count). The van der Waals surface area contributed by atoms with E-state index in [0.717, 1.165) is 12.0 Å². The standard InChI is InChI=1S/C15H19NO3/c1-4-12-5-7-13(8-6-12)9-16-14(17)10(2)11(3)15(18)19/h5-8H,4,9H2,1-3H3,(H,16,17)(H,18,19)/b11-10-. The molecule has 0 aliphatic rings. The fraction of sp³-hybridized carbons (Fsp3) is 0.333. The van der Waals surface area contributed by atoms with Gasteiger partial charge in [0.05, 0.1) is 0 Å². The minimum Gasteiger partial charge on any atom is -0.478 e. The second-order valence-electron chi connectivity index (χ2n) is 4.41. The third kappa shape index (κ3) is 4.25. The summed E-state index contributed by atoms with van der Waals surface area (Å²) in [5, 5.41) is 11.5. The Kier molecular flexibility index (Phi) is 5.30. The van der Waals surface area contributed by atoms with Gasteiger partial charge in [-0.3, -0.25) is 4.79 Å². The van der Waals surface area contributed by atoms with E-state index in [9.17, 15) is 9.59 Å². The number of benzene rings is 1. The first kappa shape index (κ1) is 15.0. The van der Waals surface area contributed by atoms with E-state index in [1.165, 1.54) is 19.4 Å². The van der Waals surface area contributed by atoms with Gasteiger partial charge in [-0.1, -0.05) is 31.2 Å². The van der Waals surface area contributed by atoms with E-state index in [0.29, 0.717) is 6.54 Å². The molecule has 0 saturated carbocycles. The van der Waals surface area contributed by atoms with Crippen molar-refractivity contribution in [3.63, 3.8) is 0 Å². The molecule has 0 heterocycles. The second-order valence-corrected chi connectivity index (χ2v) is 4.41. The molecule has 0 fully saturated rings. The number of aliphatic carboxylic acids is 1. The number of hydrogen-bond acceptors (Lipinski definition) is 2. The summed E-state index contributed by atoms with van der Waals surface area (Å²) in [7, 11) is 0. The smallest absolute Gasteiger partial charge is 0.331 e. The number of nitrogens with one attached hydrogen (secondary N) is 1. The van der Waals surface area contributed by atoms with Crippen LogP contribution in [0.25, 0.3) is 0 Å². The highest BCUT2D eigenvalue weighted by Crippen LogP contribution is 2.07. The average molecular weight is 261 g/mol. The minimum atomic E-state index is -1.07. The SMILES string of the molecule is CCc1ccc(CNC(=O)/C(C)=C(/C)C(=O)O)cc1. The molecule has 0 atom stereocenters. The van der Waals surface area contributed by atoms with Crippen LogP contribution >= 0.6 is 0 Å². The van der Waals surface area contributed by atoms with Gasteiger partial charge in [-0.15, -0.1) is 0 Å². The Balaban J connectivity index is 2.63. The summed E-state index contributed by atoms with van der Waals surface area (Å²) in [6, 6.07) is 7.96. The van der Waals surface area contributed by atoms with E-state index in [-0.39, 0.29) is 17.1 Å². The van der Waals surface area contributed by atoms with Crippen LogP contribution in [0.3, 0.4) is 0 Å². The van der Waals surface area contributed by atoms with E-state index in [1.54, 1.807) is 0 Å². The van der Waals surface area contributed by atoms with Gasteiger partial charge in [-0.05, 0) is 31.4 Å². The molecule has 1 aromatic rings. The fourth-order valence-corrected chi connectivity index (χ4v) is 1.54. The summed E-state index contributed by atoms with van der Waals surface area (Å²) < 4.78 is 0. The van der Waals surface area contributed by atoms with Gasteiger partial charge in [0.2, 0.25) is 5.91 Å². The Morgan fingerprint density at radius 3 is 2.05 bits per heavy atom. The van der Waals surface area contributed by atoms with Gasteiger partial charge >= 0.3 is 5.97 Å². The van der Waals surface area contributed by atoms with Gasteiger partial charge in [0, 0.05) is 17.7 Å². The summed E-state index contributed by atoms with van der Waals surface area (Å²) in [5.41, 5.74) is 2.54. The number of hydrogen-bond donors (Lipinski definition) is 2. The van der Waals surface area contributed by atoms with E-state index in [4.69, 9.17) is 5.11 Å². The Hall–Kier alpha value is -2.10. The Labute approximate surface area is 113 Å². The van der Waals surface area contributed by atoms with Crippen molar-refractivity contribution in [1.82, 2.24) is 5.32 Å². The maximum absolute atomic E-state index is 11.8. The van der Waals surface area contributed by atoms with Crippen LogP contribution in [0.4, 0.5) is 0 Å². The molecule has 0 radical (unpaired) electrons. The zero-order chi connectivity index (χ0) is 14.4. The molecule has 1 amide bonds. The Morgan fingerprint density at radius 1 is 1.05 bits per heavy atom. The molecule has 4 nitrogen and oxygen atoms in total. The predicted octanol–water partition coefficient (Wildman–Crippen LogP) is 2.29. The molecular weight excluding hydrogens is 242 g/mol. The lowest BCUT2D eigenvalue weighted by Gasteiger charge is -2.07. The molecule has 4 heteroatoms. The topological polar surface area (TPSA) is 66.4 Å². The van der Waals surface area contributed by atoms with Crippen molar-refractivity contribution in [2.45, 2.75) is 33.7 Å². The van der Waals surface area contributed by atoms with Crippen LogP contribution in [-0.2, 0) is 22.6 Å². The normalized spacial score (nSPS) is 11.7. The lowest BCUT2D eigenvalue weighted by atomic mass is 10.1. The molecule has 0 spiro atoms. The molecule has 0 saturated heterocycles. The minimum absolute atomic E-state index is 0.0684. The average Bonchev–Trinajstić information content (AvgIpc) is 2.43. The fourth-order valence-electron chi connectivity index (χ4n) is 1.54. The zero-order valence-electron chi connectivity index (χ0n) is 11.5. The van der Waals surface area contributed by atoms with Crippen molar-refractivity contribution in [3.05, 3.63) is 46.5 Å². The first-order chi connectivity index (χ1) is 8.95. The molecule has 2 N–H and O–H groups in total. The van der Waals surface area contributed by atoms with Gasteiger partial charge < -0.3 is 10.4 Å². The molecule has 0 aliphatic heterocycles. The highest BCUT2D eigenvalue weighted by Gasteiger charge is 2.12. The first-order valence-electron chi connectivity index (χ1n) is 6.22. The number of carboxylic acid groups (broad SMARTS) is 1. The number of rotatable bonds is 5. The number of carbonyl (C=O) groups excluding carboxylic acids is 1. The summed E-state index contributed by atoms with van der Waals surface area (Å²) in [6.07, 6.45) is 0.978. The molecule has 102 valence electrons. The van der Waals surface area contributed by atoms with Crippen LogP contribution in [0, 0.1) is 0 Å². The second kappa shape index (κ2) is 6.73. The van der Waals surface area contributed by atoms with Gasteiger partial charge in [-0.25, -0.2) is 4.79 Å². The van der Waals surface area contributed by atoms with Crippen LogP contribution < -0.4 is 5.32 Å². The molecular formula is C15H19NO3. The first-order valence-corrected chi connectivity index (χ1v) is 6.22. The van der Waals surface area contributed by atoms with Gasteiger partial charge in [0.1, 0.15) is 0 Å². The van der Waals surface area contributed by atoms with Crippen molar-refractivity contribution in [3.8, 4) is 0 Å². The van der Waals surface area contributed by atoms with Crippen molar-refractivity contribution in [2.75, 3.05) is 0 Å². The van der Waals surface area contributed by atoms with Crippen molar-refractivity contribution >= 4 is 11.9 Å². The van der Waals surface area contributed by atoms with Gasteiger partial charge in [0.25, 0.3) is 0 Å². The van der Waals surface area contributed by atoms with Gasteiger partial charge in [-0.2, -0.15) is 0 Å². The van der Waals surface area contributed by atoms with E-state index >= 15 is 0 Å². The third-order valence-corrected chi connectivity index (χ3v) is 3.11. The molecule has 0 bridgehead atoms. The van der Waals surface area contributed by atoms with Crippen LogP contribution in [0.15, 0.2) is 35.4 Å². The molecule has 0 unspecified atom stereocenters. The van der Waals surface area contributed by atoms with E-state index < -0.39 is 5.97 Å². The Bertz CT molecular complexity index is 501.